The average molecular weight is 244 g/mol. The predicted molar refractivity (Wildman–Crippen MR) is 60.5 cm³/mol. The normalized spacial score (nSPS) is 33.6. The Morgan fingerprint density at radius 1 is 1.35 bits per heavy atom. The molecule has 0 aromatic heterocycles. The van der Waals surface area contributed by atoms with Gasteiger partial charge >= 0.3 is 11.9 Å². The fourth-order valence-electron chi connectivity index (χ4n) is 2.69. The van der Waals surface area contributed by atoms with E-state index in [4.69, 9.17) is 10.2 Å². The summed E-state index contributed by atoms with van der Waals surface area (Å²) < 4.78 is 0. The Hall–Kier alpha value is -1.10. The molecule has 0 aliphatic heterocycles. The zero-order chi connectivity index (χ0) is 13.2. The van der Waals surface area contributed by atoms with Crippen LogP contribution >= 0.6 is 0 Å². The van der Waals surface area contributed by atoms with Gasteiger partial charge in [0.1, 0.15) is 0 Å². The van der Waals surface area contributed by atoms with E-state index in [1.807, 2.05) is 13.8 Å². The SMILES string of the molecule is CC(C)CC1CCC(O)(C(=O)O)C(C(=O)O)C1. The van der Waals surface area contributed by atoms with Gasteiger partial charge in [-0.3, -0.25) is 4.79 Å². The smallest absolute Gasteiger partial charge is 0.336 e. The second-order valence-corrected chi connectivity index (χ2v) is 5.39. The number of rotatable bonds is 4. The van der Waals surface area contributed by atoms with E-state index in [-0.39, 0.29) is 18.8 Å². The minimum atomic E-state index is -2.10. The van der Waals surface area contributed by atoms with Gasteiger partial charge in [-0.25, -0.2) is 4.79 Å². The number of carboxylic acid groups (broad SMARTS) is 2. The minimum absolute atomic E-state index is 0.0245. The van der Waals surface area contributed by atoms with Crippen LogP contribution in [-0.4, -0.2) is 32.9 Å². The highest BCUT2D eigenvalue weighted by Crippen LogP contribution is 2.40. The molecule has 0 spiro atoms. The van der Waals surface area contributed by atoms with Crippen molar-refractivity contribution >= 4 is 11.9 Å². The number of carboxylic acids is 2. The fraction of sp³-hybridized carbons (Fsp3) is 0.833. The molecule has 1 aliphatic carbocycles. The summed E-state index contributed by atoms with van der Waals surface area (Å²) in [6.45, 7) is 4.10. The van der Waals surface area contributed by atoms with Crippen molar-refractivity contribution in [1.29, 1.82) is 0 Å². The van der Waals surface area contributed by atoms with Crippen LogP contribution in [0.4, 0.5) is 0 Å². The molecule has 1 saturated carbocycles. The van der Waals surface area contributed by atoms with Crippen molar-refractivity contribution in [3.8, 4) is 0 Å². The first-order valence-electron chi connectivity index (χ1n) is 5.96. The standard InChI is InChI=1S/C12H20O5/c1-7(2)5-8-3-4-12(17,11(15)16)9(6-8)10(13)14/h7-9,17H,3-6H2,1-2H3,(H,13,14)(H,15,16). The summed E-state index contributed by atoms with van der Waals surface area (Å²) in [5, 5.41) is 28.0. The first-order chi connectivity index (χ1) is 7.77. The maximum atomic E-state index is 11.1. The van der Waals surface area contributed by atoms with Crippen LogP contribution in [0.2, 0.25) is 0 Å². The van der Waals surface area contributed by atoms with E-state index in [0.29, 0.717) is 12.3 Å². The second-order valence-electron chi connectivity index (χ2n) is 5.39. The molecule has 0 heterocycles. The molecule has 3 atom stereocenters. The van der Waals surface area contributed by atoms with Crippen LogP contribution < -0.4 is 0 Å². The minimum Gasteiger partial charge on any atom is -0.481 e. The maximum Gasteiger partial charge on any atom is 0.336 e. The number of aliphatic carboxylic acids is 2. The summed E-state index contributed by atoms with van der Waals surface area (Å²) in [4.78, 5) is 22.1. The summed E-state index contributed by atoms with van der Waals surface area (Å²) >= 11 is 0. The Balaban J connectivity index is 2.82. The average Bonchev–Trinajstić information content (AvgIpc) is 2.19. The first-order valence-corrected chi connectivity index (χ1v) is 5.96. The third kappa shape index (κ3) is 2.97. The Kier molecular flexibility index (Phi) is 4.14. The zero-order valence-corrected chi connectivity index (χ0v) is 10.2. The Bertz CT molecular complexity index is 312. The van der Waals surface area contributed by atoms with E-state index in [9.17, 15) is 14.7 Å². The molecule has 98 valence electrons. The highest BCUT2D eigenvalue weighted by Gasteiger charge is 2.51. The number of hydrogen-bond donors (Lipinski definition) is 3. The van der Waals surface area contributed by atoms with Gasteiger partial charge in [0.05, 0.1) is 5.92 Å². The molecule has 5 heteroatoms. The van der Waals surface area contributed by atoms with Gasteiger partial charge in [-0.2, -0.15) is 0 Å². The molecule has 0 aromatic carbocycles. The van der Waals surface area contributed by atoms with Crippen molar-refractivity contribution in [2.45, 2.75) is 45.1 Å². The van der Waals surface area contributed by atoms with Crippen molar-refractivity contribution in [1.82, 2.24) is 0 Å². The van der Waals surface area contributed by atoms with Crippen LogP contribution in [0.3, 0.4) is 0 Å². The largest absolute Gasteiger partial charge is 0.481 e. The maximum absolute atomic E-state index is 11.1. The van der Waals surface area contributed by atoms with Gasteiger partial charge in [0.15, 0.2) is 5.60 Å². The molecule has 0 saturated heterocycles. The summed E-state index contributed by atoms with van der Waals surface area (Å²) in [7, 11) is 0. The highest BCUT2D eigenvalue weighted by molar-refractivity contribution is 5.85. The van der Waals surface area contributed by atoms with Crippen molar-refractivity contribution in [2.24, 2.45) is 17.8 Å². The van der Waals surface area contributed by atoms with E-state index in [1.54, 1.807) is 0 Å². The summed E-state index contributed by atoms with van der Waals surface area (Å²) in [6, 6.07) is 0. The van der Waals surface area contributed by atoms with E-state index >= 15 is 0 Å². The van der Waals surface area contributed by atoms with E-state index in [1.165, 1.54) is 0 Å². The molecule has 1 rings (SSSR count). The van der Waals surface area contributed by atoms with E-state index in [2.05, 4.69) is 0 Å². The molecular weight excluding hydrogens is 224 g/mol. The third-order valence-corrected chi connectivity index (χ3v) is 3.55. The van der Waals surface area contributed by atoms with Crippen molar-refractivity contribution in [2.75, 3.05) is 0 Å². The van der Waals surface area contributed by atoms with Crippen LogP contribution in [0.25, 0.3) is 0 Å². The number of carbonyl (C=O) groups is 2. The molecule has 0 amide bonds. The molecule has 3 N–H and O–H groups in total. The Morgan fingerprint density at radius 3 is 2.35 bits per heavy atom. The van der Waals surface area contributed by atoms with Crippen LogP contribution in [0, 0.1) is 17.8 Å². The molecule has 0 aromatic rings. The monoisotopic (exact) mass is 244 g/mol. The predicted octanol–water partition coefficient (Wildman–Crippen LogP) is 1.35. The van der Waals surface area contributed by atoms with Crippen molar-refractivity contribution < 1.29 is 24.9 Å². The molecule has 1 aliphatic rings. The van der Waals surface area contributed by atoms with Crippen LogP contribution in [-0.2, 0) is 9.59 Å². The molecule has 0 radical (unpaired) electrons. The topological polar surface area (TPSA) is 94.8 Å². The summed E-state index contributed by atoms with van der Waals surface area (Å²) in [5.41, 5.74) is -2.10. The first kappa shape index (κ1) is 14.0. The van der Waals surface area contributed by atoms with Gasteiger partial charge in [0.25, 0.3) is 0 Å². The molecule has 17 heavy (non-hydrogen) atoms. The lowest BCUT2D eigenvalue weighted by molar-refractivity contribution is -0.181. The van der Waals surface area contributed by atoms with Gasteiger partial charge < -0.3 is 15.3 Å². The summed E-state index contributed by atoms with van der Waals surface area (Å²) in [6.07, 6.45) is 1.72. The lowest BCUT2D eigenvalue weighted by Gasteiger charge is -2.38. The van der Waals surface area contributed by atoms with Gasteiger partial charge in [-0.15, -0.1) is 0 Å². The lowest BCUT2D eigenvalue weighted by atomic mass is 9.69. The summed E-state index contributed by atoms with van der Waals surface area (Å²) in [5.74, 6) is -3.20. The van der Waals surface area contributed by atoms with E-state index < -0.39 is 23.5 Å². The van der Waals surface area contributed by atoms with Crippen LogP contribution in [0.5, 0.6) is 0 Å². The number of aliphatic hydroxyl groups is 1. The Morgan fingerprint density at radius 2 is 1.94 bits per heavy atom. The Labute approximate surface area is 100 Å². The fourth-order valence-corrected chi connectivity index (χ4v) is 2.69. The van der Waals surface area contributed by atoms with Gasteiger partial charge in [0, 0.05) is 0 Å². The van der Waals surface area contributed by atoms with Crippen molar-refractivity contribution in [3.63, 3.8) is 0 Å². The highest BCUT2D eigenvalue weighted by atomic mass is 16.4. The van der Waals surface area contributed by atoms with Crippen LogP contribution in [0.15, 0.2) is 0 Å². The van der Waals surface area contributed by atoms with Gasteiger partial charge in [0.2, 0.25) is 0 Å². The van der Waals surface area contributed by atoms with Gasteiger partial charge in [-0.05, 0) is 37.5 Å². The molecule has 3 unspecified atom stereocenters. The van der Waals surface area contributed by atoms with Crippen molar-refractivity contribution in [3.05, 3.63) is 0 Å². The number of hydrogen-bond acceptors (Lipinski definition) is 3. The molecule has 1 fully saturated rings. The lowest BCUT2D eigenvalue weighted by Crippen LogP contribution is -2.52. The second kappa shape index (κ2) is 5.04. The quantitative estimate of drug-likeness (QED) is 0.693. The van der Waals surface area contributed by atoms with E-state index in [0.717, 1.165) is 6.42 Å². The van der Waals surface area contributed by atoms with Crippen LogP contribution in [0.1, 0.15) is 39.5 Å². The van der Waals surface area contributed by atoms with Gasteiger partial charge in [-0.1, -0.05) is 13.8 Å². The molecule has 5 nitrogen and oxygen atoms in total. The third-order valence-electron chi connectivity index (χ3n) is 3.55. The molecular formula is C12H20O5. The zero-order valence-electron chi connectivity index (χ0n) is 10.2. The molecule has 0 bridgehead atoms.